The van der Waals surface area contributed by atoms with E-state index in [1.807, 2.05) is 21.1 Å². The lowest BCUT2D eigenvalue weighted by atomic mass is 10.0. The van der Waals surface area contributed by atoms with E-state index in [2.05, 4.69) is 135 Å². The van der Waals surface area contributed by atoms with Gasteiger partial charge in [-0.25, -0.2) is 4.79 Å². The summed E-state index contributed by atoms with van der Waals surface area (Å²) in [5, 5.41) is 9.79. The van der Waals surface area contributed by atoms with Crippen LogP contribution in [0.3, 0.4) is 0 Å². The van der Waals surface area contributed by atoms with Crippen LogP contribution in [0.2, 0.25) is 0 Å². The number of carboxylic acids is 1. The molecule has 0 rings (SSSR count). The van der Waals surface area contributed by atoms with Gasteiger partial charge in [0.2, 0.25) is 0 Å². The number of ether oxygens (including phenoxy) is 4. The minimum Gasteiger partial charge on any atom is -0.477 e. The van der Waals surface area contributed by atoms with E-state index < -0.39 is 18.4 Å². The fraction of sp³-hybridized carbons (Fsp3) is 0.755. The van der Waals surface area contributed by atoms with E-state index in [1.165, 1.54) is 276 Å². The maximum atomic E-state index is 13.0. The molecule has 0 bridgehead atoms. The Balaban J connectivity index is 3.96. The van der Waals surface area contributed by atoms with Crippen molar-refractivity contribution in [2.75, 3.05) is 47.5 Å². The Morgan fingerprint density at radius 1 is 0.301 bits per heavy atom. The molecule has 0 radical (unpaired) electrons. The molecule has 0 aromatic heterocycles. The number of carbonyl (C=O) groups is 3. The number of carbonyl (C=O) groups excluding carboxylic acids is 2. The van der Waals surface area contributed by atoms with Gasteiger partial charge in [0.25, 0.3) is 6.29 Å². The van der Waals surface area contributed by atoms with E-state index >= 15 is 0 Å². The van der Waals surface area contributed by atoms with Crippen LogP contribution in [0.25, 0.3) is 0 Å². The Kier molecular flexibility index (Phi) is 79.8. The van der Waals surface area contributed by atoms with Crippen LogP contribution in [0.15, 0.2) is 122 Å². The first kappa shape index (κ1) is 98.7. The Hall–Kier alpha value is -4.31. The van der Waals surface area contributed by atoms with E-state index in [0.29, 0.717) is 17.4 Å². The number of rotatable bonds is 81. The Morgan fingerprint density at radius 2 is 0.553 bits per heavy atom. The molecule has 0 aliphatic rings. The van der Waals surface area contributed by atoms with Crippen LogP contribution in [0.1, 0.15) is 399 Å². The summed E-state index contributed by atoms with van der Waals surface area (Å²) < 4.78 is 23.1. The van der Waals surface area contributed by atoms with Crippen LogP contribution in [0, 0.1) is 0 Å². The number of nitrogens with zero attached hydrogens (tertiary/aromatic N) is 1. The van der Waals surface area contributed by atoms with Gasteiger partial charge >= 0.3 is 17.9 Å². The zero-order valence-corrected chi connectivity index (χ0v) is 68.2. The number of likely N-dealkylation sites (N-methyl/N-ethyl adjacent to an activating group) is 1. The molecule has 0 spiro atoms. The molecular weight excluding hydrogens is 1270 g/mol. The van der Waals surface area contributed by atoms with E-state index in [1.54, 1.807) is 0 Å². The van der Waals surface area contributed by atoms with Crippen LogP contribution in [-0.2, 0) is 33.3 Å². The number of allylic oxidation sites excluding steroid dienone is 20. The standard InChI is InChI=1S/C94H165NO8/c1-6-8-10-12-14-16-18-20-22-24-26-28-30-32-34-36-38-40-42-44-45-46-47-49-51-53-55-57-59-61-63-65-67-69-71-73-75-77-79-81-83-85-92(97)103-90(89-102-94(93(98)99)100-87-86-95(3,4)5)88-101-91(96)84-82-80-78-76-74-72-70-68-66-64-62-60-58-56-54-52-50-48-43-41-39-37-35-33-31-29-27-25-23-21-19-17-15-13-11-9-7-2/h8,10,14,16,19-22,25-28,31-34,38,40,44-45,90,94H,6-7,9,11-13,15,17-18,23-24,29-30,35-37,39,41-43,46-89H2,1-5H3/p+1/b10-8-,16-14-,21-19-,22-20-,27-25-,28-26-,33-31-,34-32-,40-38-,45-44-. The third-order valence-electron chi connectivity index (χ3n) is 19.2. The Morgan fingerprint density at radius 3 is 0.825 bits per heavy atom. The summed E-state index contributed by atoms with van der Waals surface area (Å²) in [6.07, 6.45) is 117. The predicted molar refractivity (Wildman–Crippen MR) is 447 cm³/mol. The van der Waals surface area contributed by atoms with Crippen molar-refractivity contribution in [3.05, 3.63) is 122 Å². The predicted octanol–water partition coefficient (Wildman–Crippen LogP) is 28.6. The monoisotopic (exact) mass is 1440 g/mol. The number of quaternary nitrogens is 1. The largest absolute Gasteiger partial charge is 0.477 e. The molecule has 594 valence electrons. The maximum Gasteiger partial charge on any atom is 0.361 e. The number of esters is 2. The summed E-state index contributed by atoms with van der Waals surface area (Å²) in [6.45, 7) is 4.80. The second-order valence-corrected chi connectivity index (χ2v) is 30.5. The van der Waals surface area contributed by atoms with Gasteiger partial charge < -0.3 is 28.5 Å². The van der Waals surface area contributed by atoms with Crippen molar-refractivity contribution in [3.63, 3.8) is 0 Å². The topological polar surface area (TPSA) is 108 Å². The number of unbranched alkanes of at least 4 members (excludes halogenated alkanes) is 46. The summed E-state index contributed by atoms with van der Waals surface area (Å²) in [7, 11) is 6.00. The molecule has 0 aliphatic heterocycles. The Labute approximate surface area is 637 Å². The van der Waals surface area contributed by atoms with Crippen LogP contribution in [0.5, 0.6) is 0 Å². The quantitative estimate of drug-likeness (QED) is 0.0211. The highest BCUT2D eigenvalue weighted by Gasteiger charge is 2.25. The normalized spacial score (nSPS) is 13.2. The molecule has 9 heteroatoms. The molecule has 0 saturated carbocycles. The van der Waals surface area contributed by atoms with Gasteiger partial charge in [0.05, 0.1) is 34.4 Å². The van der Waals surface area contributed by atoms with E-state index in [4.69, 9.17) is 18.9 Å². The van der Waals surface area contributed by atoms with Gasteiger partial charge in [0, 0.05) is 12.8 Å². The molecule has 0 amide bonds. The van der Waals surface area contributed by atoms with Crippen LogP contribution < -0.4 is 0 Å². The summed E-state index contributed by atoms with van der Waals surface area (Å²) >= 11 is 0. The molecule has 2 unspecified atom stereocenters. The first-order chi connectivity index (χ1) is 50.6. The van der Waals surface area contributed by atoms with Crippen molar-refractivity contribution in [1.82, 2.24) is 0 Å². The fourth-order valence-corrected chi connectivity index (χ4v) is 12.6. The zero-order chi connectivity index (χ0) is 74.6. The highest BCUT2D eigenvalue weighted by atomic mass is 16.7. The van der Waals surface area contributed by atoms with Gasteiger partial charge in [-0.15, -0.1) is 0 Å². The van der Waals surface area contributed by atoms with Gasteiger partial charge in [0.1, 0.15) is 13.2 Å². The van der Waals surface area contributed by atoms with Gasteiger partial charge in [-0.2, -0.15) is 0 Å². The average Bonchev–Trinajstić information content (AvgIpc) is 1.01. The summed E-state index contributed by atoms with van der Waals surface area (Å²) in [4.78, 5) is 37.8. The van der Waals surface area contributed by atoms with Gasteiger partial charge in [-0.05, 0) is 109 Å². The summed E-state index contributed by atoms with van der Waals surface area (Å²) in [5.74, 6) is -1.98. The Bertz CT molecular complexity index is 2120. The molecule has 103 heavy (non-hydrogen) atoms. The molecule has 0 fully saturated rings. The van der Waals surface area contributed by atoms with E-state index in [-0.39, 0.29) is 38.2 Å². The van der Waals surface area contributed by atoms with Crippen molar-refractivity contribution >= 4 is 17.9 Å². The second kappa shape index (κ2) is 83.3. The number of hydrogen-bond donors (Lipinski definition) is 1. The summed E-state index contributed by atoms with van der Waals surface area (Å²) in [5.41, 5.74) is 0. The highest BCUT2D eigenvalue weighted by molar-refractivity contribution is 5.71. The van der Waals surface area contributed by atoms with Crippen molar-refractivity contribution in [3.8, 4) is 0 Å². The van der Waals surface area contributed by atoms with E-state index in [9.17, 15) is 19.5 Å². The zero-order valence-electron chi connectivity index (χ0n) is 68.2. The minimum absolute atomic E-state index is 0.181. The first-order valence-corrected chi connectivity index (χ1v) is 43.7. The fourth-order valence-electron chi connectivity index (χ4n) is 12.6. The lowest BCUT2D eigenvalue weighted by Gasteiger charge is -2.25. The smallest absolute Gasteiger partial charge is 0.361 e. The lowest BCUT2D eigenvalue weighted by Crippen LogP contribution is -2.40. The van der Waals surface area contributed by atoms with Crippen molar-refractivity contribution in [1.29, 1.82) is 0 Å². The third-order valence-corrected chi connectivity index (χ3v) is 19.2. The first-order valence-electron chi connectivity index (χ1n) is 43.7. The van der Waals surface area contributed by atoms with Crippen molar-refractivity contribution < 1.29 is 42.9 Å². The third kappa shape index (κ3) is 84.8. The van der Waals surface area contributed by atoms with Crippen LogP contribution in [-0.4, -0.2) is 87.4 Å². The van der Waals surface area contributed by atoms with Gasteiger partial charge in [-0.1, -0.05) is 399 Å². The number of aliphatic carboxylic acids is 1. The van der Waals surface area contributed by atoms with E-state index in [0.717, 1.165) is 96.3 Å². The minimum atomic E-state index is -1.51. The molecule has 0 heterocycles. The average molecular weight is 1440 g/mol. The molecule has 2 atom stereocenters. The molecule has 0 aliphatic carbocycles. The molecule has 1 N–H and O–H groups in total. The molecule has 0 saturated heterocycles. The molecule has 9 nitrogen and oxygen atoms in total. The van der Waals surface area contributed by atoms with Crippen LogP contribution in [0.4, 0.5) is 0 Å². The van der Waals surface area contributed by atoms with Crippen molar-refractivity contribution in [2.24, 2.45) is 0 Å². The number of hydrogen-bond acceptors (Lipinski definition) is 7. The number of carboxylic acid groups (broad SMARTS) is 1. The SMILES string of the molecule is CC/C=C\C/C=C\C/C=C\C/C=C\C/C=C\C/C=C\C/C=C\CCCCCCCCCCCCCCCCCCCCCC(=O)OC(COC(=O)CCCCCCCCCCCCCCCCCCCCCCCC/C=C\C/C=C\C/C=C\CCCCCCC)COC(OCC[N+](C)(C)C)C(=O)O. The molecule has 0 aromatic rings. The highest BCUT2D eigenvalue weighted by Crippen LogP contribution is 2.20. The lowest BCUT2D eigenvalue weighted by molar-refractivity contribution is -0.870. The van der Waals surface area contributed by atoms with Gasteiger partial charge in [0.15, 0.2) is 6.10 Å². The maximum absolute atomic E-state index is 13.0. The molecular formula is C94H166NO8+. The second-order valence-electron chi connectivity index (χ2n) is 30.5. The van der Waals surface area contributed by atoms with Crippen LogP contribution >= 0.6 is 0 Å². The van der Waals surface area contributed by atoms with Gasteiger partial charge in [-0.3, -0.25) is 9.59 Å². The van der Waals surface area contributed by atoms with Crippen molar-refractivity contribution in [2.45, 2.75) is 411 Å². The molecule has 0 aromatic carbocycles. The summed E-state index contributed by atoms with van der Waals surface area (Å²) in [6, 6.07) is 0.